The SMILES string of the molecule is CN(C)CC(=O)N1CC(CC#N)(N/C=C(\C=N)c2cnn3c(-c4cccc(NC(=O)NCC(F)(F)F)c4)cnc3c2)C1. The van der Waals surface area contributed by atoms with Crippen LogP contribution in [0.5, 0.6) is 0 Å². The first-order valence-corrected chi connectivity index (χ1v) is 12.8. The number of nitrogens with zero attached hydrogens (tertiary/aromatic N) is 6. The lowest BCUT2D eigenvalue weighted by Gasteiger charge is -2.49. The lowest BCUT2D eigenvalue weighted by atomic mass is 9.86. The quantitative estimate of drug-likeness (QED) is 0.268. The van der Waals surface area contributed by atoms with Crippen LogP contribution in [0.25, 0.3) is 22.5 Å². The molecule has 0 atom stereocenters. The Morgan fingerprint density at radius 2 is 2.00 bits per heavy atom. The van der Waals surface area contributed by atoms with Gasteiger partial charge in [-0.1, -0.05) is 12.1 Å². The summed E-state index contributed by atoms with van der Waals surface area (Å²) in [4.78, 5) is 32.1. The molecule has 3 heterocycles. The van der Waals surface area contributed by atoms with Crippen molar-refractivity contribution in [2.24, 2.45) is 0 Å². The molecular weight excluding hydrogens is 553 g/mol. The van der Waals surface area contributed by atoms with Crippen LogP contribution in [-0.2, 0) is 4.79 Å². The van der Waals surface area contributed by atoms with Crippen molar-refractivity contribution in [3.63, 3.8) is 0 Å². The number of likely N-dealkylation sites (tertiary alicyclic amines) is 1. The smallest absolute Gasteiger partial charge is 0.380 e. The van der Waals surface area contributed by atoms with Gasteiger partial charge in [0.15, 0.2) is 5.65 Å². The van der Waals surface area contributed by atoms with Crippen molar-refractivity contribution in [2.45, 2.75) is 18.1 Å². The minimum absolute atomic E-state index is 0.0255. The third kappa shape index (κ3) is 7.21. The normalized spacial score (nSPS) is 14.7. The second-order valence-electron chi connectivity index (χ2n) is 10.2. The molecule has 1 aliphatic heterocycles. The van der Waals surface area contributed by atoms with Crippen LogP contribution in [0.2, 0.25) is 0 Å². The Balaban J connectivity index is 1.49. The van der Waals surface area contributed by atoms with E-state index in [1.54, 1.807) is 62.5 Å². The van der Waals surface area contributed by atoms with E-state index in [1.807, 2.05) is 14.1 Å². The van der Waals surface area contributed by atoms with Crippen LogP contribution in [0.3, 0.4) is 0 Å². The van der Waals surface area contributed by atoms with E-state index in [1.165, 1.54) is 6.07 Å². The molecular formula is C27H29F3N10O2. The number of aromatic nitrogens is 3. The number of nitrogens with one attached hydrogen (secondary N) is 4. The summed E-state index contributed by atoms with van der Waals surface area (Å²) >= 11 is 0. The lowest BCUT2D eigenvalue weighted by Crippen LogP contribution is -2.69. The van der Waals surface area contributed by atoms with Crippen molar-refractivity contribution in [3.05, 3.63) is 54.5 Å². The fourth-order valence-corrected chi connectivity index (χ4v) is 4.42. The Bertz CT molecular complexity index is 1550. The third-order valence-electron chi connectivity index (χ3n) is 6.46. The zero-order valence-corrected chi connectivity index (χ0v) is 22.9. The molecule has 12 nitrogen and oxygen atoms in total. The van der Waals surface area contributed by atoms with Crippen LogP contribution in [0, 0.1) is 16.7 Å². The molecule has 15 heteroatoms. The number of hydrogen-bond acceptors (Lipinski definition) is 8. The number of rotatable bonds is 10. The van der Waals surface area contributed by atoms with Crippen molar-refractivity contribution in [3.8, 4) is 17.3 Å². The van der Waals surface area contributed by atoms with E-state index in [0.717, 1.165) is 6.21 Å². The van der Waals surface area contributed by atoms with Crippen LogP contribution in [-0.4, -0.2) is 94.5 Å². The predicted molar refractivity (Wildman–Crippen MR) is 149 cm³/mol. The minimum Gasteiger partial charge on any atom is -0.380 e. The summed E-state index contributed by atoms with van der Waals surface area (Å²) < 4.78 is 38.7. The maximum Gasteiger partial charge on any atom is 0.405 e. The van der Waals surface area contributed by atoms with Gasteiger partial charge in [0, 0.05) is 47.9 Å². The van der Waals surface area contributed by atoms with E-state index in [-0.39, 0.29) is 24.6 Å². The second kappa shape index (κ2) is 12.3. The number of amides is 3. The molecule has 3 aromatic rings. The van der Waals surface area contributed by atoms with Gasteiger partial charge in [0.05, 0.1) is 42.7 Å². The minimum atomic E-state index is -4.52. The number of fused-ring (bicyclic) bond motifs is 1. The molecule has 220 valence electrons. The first-order valence-electron chi connectivity index (χ1n) is 12.8. The van der Waals surface area contributed by atoms with Gasteiger partial charge in [-0.3, -0.25) is 4.79 Å². The monoisotopic (exact) mass is 582 g/mol. The number of carbonyl (C=O) groups is 2. The Hall–Kier alpha value is -4.97. The number of nitriles is 1. The van der Waals surface area contributed by atoms with Crippen LogP contribution >= 0.6 is 0 Å². The number of anilines is 1. The molecule has 1 saturated heterocycles. The van der Waals surface area contributed by atoms with E-state index in [0.29, 0.717) is 41.1 Å². The van der Waals surface area contributed by atoms with Crippen LogP contribution < -0.4 is 16.0 Å². The highest BCUT2D eigenvalue weighted by Crippen LogP contribution is 2.27. The molecule has 1 fully saturated rings. The van der Waals surface area contributed by atoms with Gasteiger partial charge >= 0.3 is 12.2 Å². The first kappa shape index (κ1) is 30.0. The van der Waals surface area contributed by atoms with Crippen molar-refractivity contribution in [1.82, 2.24) is 35.0 Å². The average molecular weight is 583 g/mol. The Kier molecular flexibility index (Phi) is 8.76. The summed E-state index contributed by atoms with van der Waals surface area (Å²) in [7, 11) is 3.62. The number of allylic oxidation sites excluding steroid dienone is 1. The summed E-state index contributed by atoms with van der Waals surface area (Å²) in [5, 5.41) is 29.1. The summed E-state index contributed by atoms with van der Waals surface area (Å²) in [6, 6.07) is 9.40. The van der Waals surface area contributed by atoms with Crippen molar-refractivity contribution in [2.75, 3.05) is 45.6 Å². The highest BCUT2D eigenvalue weighted by Gasteiger charge is 2.44. The maximum absolute atomic E-state index is 12.4. The van der Waals surface area contributed by atoms with Gasteiger partial charge < -0.3 is 31.2 Å². The van der Waals surface area contributed by atoms with Gasteiger partial charge in [-0.25, -0.2) is 14.3 Å². The number of halogens is 3. The molecule has 1 aromatic carbocycles. The summed E-state index contributed by atoms with van der Waals surface area (Å²) in [5.74, 6) is -0.0255. The molecule has 0 saturated carbocycles. The van der Waals surface area contributed by atoms with E-state index in [4.69, 9.17) is 5.41 Å². The molecule has 3 amide bonds. The Morgan fingerprint density at radius 1 is 1.24 bits per heavy atom. The summed E-state index contributed by atoms with van der Waals surface area (Å²) in [6.07, 6.45) is 1.56. The van der Waals surface area contributed by atoms with Crippen LogP contribution in [0.1, 0.15) is 12.0 Å². The summed E-state index contributed by atoms with van der Waals surface area (Å²) in [6.45, 7) is -0.435. The molecule has 1 aliphatic rings. The van der Waals surface area contributed by atoms with Gasteiger partial charge in [-0.05, 0) is 32.3 Å². The third-order valence-corrected chi connectivity index (χ3v) is 6.46. The standard InChI is InChI=1S/C27H29F3N10O2/c1-38(2)14-24(41)39-16-26(17-39,6-7-31)35-11-20(10-32)19-9-23-33-13-22(40(23)36-12-19)18-4-3-5-21(8-18)37-25(42)34-15-27(28,29)30/h3-5,8-13,32,35H,6,14-17H2,1-2H3,(H2,34,37,42)/b20-11+,32-10?. The molecule has 0 bridgehead atoms. The fourth-order valence-electron chi connectivity index (χ4n) is 4.42. The van der Waals surface area contributed by atoms with E-state index in [9.17, 15) is 28.0 Å². The highest BCUT2D eigenvalue weighted by atomic mass is 19.4. The summed E-state index contributed by atoms with van der Waals surface area (Å²) in [5.41, 5.74) is 2.38. The van der Waals surface area contributed by atoms with Gasteiger partial charge in [-0.15, -0.1) is 0 Å². The largest absolute Gasteiger partial charge is 0.405 e. The Labute approximate surface area is 239 Å². The number of hydrogen-bond donors (Lipinski definition) is 4. The van der Waals surface area contributed by atoms with Gasteiger partial charge in [0.25, 0.3) is 0 Å². The molecule has 0 aliphatic carbocycles. The maximum atomic E-state index is 12.4. The molecule has 4 N–H and O–H groups in total. The molecule has 2 aromatic heterocycles. The number of carbonyl (C=O) groups excluding carboxylic acids is 2. The number of alkyl halides is 3. The second-order valence-corrected chi connectivity index (χ2v) is 10.2. The van der Waals surface area contributed by atoms with Gasteiger partial charge in [0.1, 0.15) is 6.54 Å². The van der Waals surface area contributed by atoms with Crippen molar-refractivity contribution >= 4 is 35.1 Å². The fraction of sp³-hybridized carbons (Fsp3) is 0.333. The van der Waals surface area contributed by atoms with E-state index < -0.39 is 24.3 Å². The number of likely N-dealkylation sites (N-methyl/N-ethyl adjacent to an activating group) is 1. The van der Waals surface area contributed by atoms with Crippen molar-refractivity contribution < 1.29 is 22.8 Å². The van der Waals surface area contributed by atoms with Crippen LogP contribution in [0.4, 0.5) is 23.7 Å². The van der Waals surface area contributed by atoms with Crippen molar-refractivity contribution in [1.29, 1.82) is 10.7 Å². The topological polar surface area (TPSA) is 155 Å². The number of imidazole rings is 1. The molecule has 4 rings (SSSR count). The van der Waals surface area contributed by atoms with E-state index in [2.05, 4.69) is 26.8 Å². The highest BCUT2D eigenvalue weighted by molar-refractivity contribution is 6.08. The molecule has 0 spiro atoms. The van der Waals surface area contributed by atoms with Gasteiger partial charge in [-0.2, -0.15) is 23.5 Å². The molecule has 42 heavy (non-hydrogen) atoms. The average Bonchev–Trinajstić information content (AvgIpc) is 3.33. The Morgan fingerprint density at radius 3 is 2.67 bits per heavy atom. The molecule has 0 radical (unpaired) electrons. The zero-order chi connectivity index (χ0) is 30.5. The number of benzene rings is 1. The number of urea groups is 1. The van der Waals surface area contributed by atoms with Crippen LogP contribution in [0.15, 0.2) is 48.9 Å². The molecule has 0 unspecified atom stereocenters. The predicted octanol–water partition coefficient (Wildman–Crippen LogP) is 2.72. The lowest BCUT2D eigenvalue weighted by molar-refractivity contribution is -0.140. The van der Waals surface area contributed by atoms with E-state index >= 15 is 0 Å². The first-order chi connectivity index (χ1) is 19.9. The zero-order valence-electron chi connectivity index (χ0n) is 22.9. The van der Waals surface area contributed by atoms with Gasteiger partial charge in [0.2, 0.25) is 5.91 Å².